The van der Waals surface area contributed by atoms with E-state index in [9.17, 15) is 4.79 Å². The summed E-state index contributed by atoms with van der Waals surface area (Å²) in [5, 5.41) is 2.72. The number of anilines is 1. The molecule has 0 unspecified atom stereocenters. The van der Waals surface area contributed by atoms with Gasteiger partial charge in [-0.1, -0.05) is 6.07 Å². The van der Waals surface area contributed by atoms with Crippen molar-refractivity contribution in [3.05, 3.63) is 59.3 Å². The summed E-state index contributed by atoms with van der Waals surface area (Å²) in [5.41, 5.74) is 3.37. The van der Waals surface area contributed by atoms with Crippen LogP contribution in [-0.4, -0.2) is 20.9 Å². The number of nitrogens with zero attached hydrogens (tertiary/aromatic N) is 3. The highest BCUT2D eigenvalue weighted by atomic mass is 32.1. The van der Waals surface area contributed by atoms with Gasteiger partial charge in [-0.2, -0.15) is 0 Å². The van der Waals surface area contributed by atoms with E-state index >= 15 is 0 Å². The number of carbonyl (C=O) groups excluding carboxylic acids is 1. The van der Waals surface area contributed by atoms with Crippen molar-refractivity contribution in [1.82, 2.24) is 15.0 Å². The van der Waals surface area contributed by atoms with E-state index in [2.05, 4.69) is 20.3 Å². The number of rotatable bonds is 3. The lowest BCUT2D eigenvalue weighted by Crippen LogP contribution is -2.11. The molecule has 0 aliphatic rings. The Balaban J connectivity index is 1.75. The topological polar surface area (TPSA) is 67.8 Å². The van der Waals surface area contributed by atoms with Crippen LogP contribution in [0.2, 0.25) is 0 Å². The average molecular weight is 282 g/mol. The first-order chi connectivity index (χ1) is 9.83. The number of amides is 1. The van der Waals surface area contributed by atoms with E-state index in [-0.39, 0.29) is 5.91 Å². The Morgan fingerprint density at radius 1 is 1.10 bits per heavy atom. The summed E-state index contributed by atoms with van der Waals surface area (Å²) in [6.07, 6.45) is 4.95. The monoisotopic (exact) mass is 282 g/mol. The highest BCUT2D eigenvalue weighted by Gasteiger charge is 2.08. The molecule has 3 heterocycles. The van der Waals surface area contributed by atoms with E-state index in [0.717, 1.165) is 11.3 Å². The number of nitrogens with one attached hydrogen (secondary N) is 1. The van der Waals surface area contributed by atoms with Crippen LogP contribution < -0.4 is 5.32 Å². The van der Waals surface area contributed by atoms with E-state index in [1.54, 1.807) is 24.0 Å². The average Bonchev–Trinajstić information content (AvgIpc) is 3.03. The molecule has 1 amide bonds. The molecule has 20 heavy (non-hydrogen) atoms. The van der Waals surface area contributed by atoms with Crippen molar-refractivity contribution in [2.24, 2.45) is 0 Å². The Bertz CT molecular complexity index is 696. The molecule has 0 fully saturated rings. The van der Waals surface area contributed by atoms with Crippen molar-refractivity contribution in [3.8, 4) is 11.3 Å². The van der Waals surface area contributed by atoms with Gasteiger partial charge in [-0.3, -0.25) is 14.8 Å². The van der Waals surface area contributed by atoms with Gasteiger partial charge in [-0.05, 0) is 24.3 Å². The maximum Gasteiger partial charge on any atom is 0.268 e. The fourth-order valence-electron chi connectivity index (χ4n) is 1.66. The van der Waals surface area contributed by atoms with Crippen molar-refractivity contribution >= 4 is 23.1 Å². The molecule has 0 aliphatic heterocycles. The van der Waals surface area contributed by atoms with Crippen molar-refractivity contribution in [3.63, 3.8) is 0 Å². The fourth-order valence-corrected chi connectivity index (χ4v) is 2.17. The van der Waals surface area contributed by atoms with Gasteiger partial charge < -0.3 is 5.32 Å². The van der Waals surface area contributed by atoms with Crippen molar-refractivity contribution in [2.75, 3.05) is 5.32 Å². The zero-order valence-corrected chi connectivity index (χ0v) is 11.2. The summed E-state index contributed by atoms with van der Waals surface area (Å²) in [6, 6.07) is 9.32. The Hall–Kier alpha value is -2.60. The largest absolute Gasteiger partial charge is 0.306 e. The molecular weight excluding hydrogens is 272 g/mol. The second-order valence-electron chi connectivity index (χ2n) is 3.97. The van der Waals surface area contributed by atoms with Gasteiger partial charge in [-0.25, -0.2) is 4.98 Å². The van der Waals surface area contributed by atoms with Crippen molar-refractivity contribution in [2.45, 2.75) is 0 Å². The third-order valence-corrected chi connectivity index (χ3v) is 3.39. The van der Waals surface area contributed by atoms with Gasteiger partial charge in [-0.15, -0.1) is 11.3 Å². The maximum atomic E-state index is 11.8. The van der Waals surface area contributed by atoms with Gasteiger partial charge in [0.25, 0.3) is 5.91 Å². The third-order valence-electron chi connectivity index (χ3n) is 2.62. The van der Waals surface area contributed by atoms with E-state index in [1.165, 1.54) is 17.5 Å². The quantitative estimate of drug-likeness (QED) is 0.802. The van der Waals surface area contributed by atoms with Crippen LogP contribution in [0.5, 0.6) is 0 Å². The second-order valence-corrected chi connectivity index (χ2v) is 4.85. The molecule has 1 N–H and O–H groups in total. The summed E-state index contributed by atoms with van der Waals surface area (Å²) in [7, 11) is 0. The fraction of sp³-hybridized carbons (Fsp3) is 0. The maximum absolute atomic E-state index is 11.8. The summed E-state index contributed by atoms with van der Waals surface area (Å²) >= 11 is 1.29. The molecule has 0 bridgehead atoms. The molecule has 0 spiro atoms. The zero-order chi connectivity index (χ0) is 13.8. The molecule has 0 saturated heterocycles. The molecule has 3 aromatic rings. The number of carbonyl (C=O) groups is 1. The molecule has 5 nitrogen and oxygen atoms in total. The van der Waals surface area contributed by atoms with Crippen LogP contribution in [0.25, 0.3) is 11.3 Å². The predicted octanol–water partition coefficient (Wildman–Crippen LogP) is 2.85. The molecule has 98 valence electrons. The lowest BCUT2D eigenvalue weighted by atomic mass is 10.2. The normalized spacial score (nSPS) is 10.2. The number of hydrogen-bond donors (Lipinski definition) is 1. The first-order valence-electron chi connectivity index (χ1n) is 5.90. The number of thiazole rings is 1. The van der Waals surface area contributed by atoms with Crippen LogP contribution >= 0.6 is 11.3 Å². The molecule has 3 aromatic heterocycles. The minimum atomic E-state index is -0.203. The summed E-state index contributed by atoms with van der Waals surface area (Å²) < 4.78 is 0. The summed E-state index contributed by atoms with van der Waals surface area (Å²) in [6.45, 7) is 0. The van der Waals surface area contributed by atoms with Gasteiger partial charge in [0.15, 0.2) is 0 Å². The van der Waals surface area contributed by atoms with Crippen molar-refractivity contribution in [1.29, 1.82) is 0 Å². The van der Waals surface area contributed by atoms with Crippen molar-refractivity contribution < 1.29 is 4.79 Å². The minimum Gasteiger partial charge on any atom is -0.306 e. The number of aromatic nitrogens is 3. The van der Waals surface area contributed by atoms with Gasteiger partial charge in [0, 0.05) is 18.0 Å². The number of hydrogen-bond acceptors (Lipinski definition) is 5. The molecule has 0 atom stereocenters. The smallest absolute Gasteiger partial charge is 0.268 e. The van der Waals surface area contributed by atoms with Gasteiger partial charge in [0.1, 0.15) is 10.7 Å². The summed E-state index contributed by atoms with van der Waals surface area (Å²) in [5.74, 6) is 0.300. The predicted molar refractivity (Wildman–Crippen MR) is 77.5 cm³/mol. The molecule has 6 heteroatoms. The highest BCUT2D eigenvalue weighted by Crippen LogP contribution is 2.17. The zero-order valence-electron chi connectivity index (χ0n) is 10.4. The Morgan fingerprint density at radius 2 is 2.05 bits per heavy atom. The Kier molecular flexibility index (Phi) is 3.47. The molecule has 0 radical (unpaired) electrons. The molecule has 3 rings (SSSR count). The van der Waals surface area contributed by atoms with E-state index < -0.39 is 0 Å². The number of pyridine rings is 2. The molecule has 0 saturated carbocycles. The lowest BCUT2D eigenvalue weighted by molar-refractivity contribution is 0.103. The molecule has 0 aromatic carbocycles. The standard InChI is InChI=1S/C14H10N4OS/c19-14(12-8-15-9-20-12)18-13-5-4-10(7-17-13)11-3-1-2-6-16-11/h1-9H,(H,17,18,19). The van der Waals surface area contributed by atoms with Gasteiger partial charge in [0.05, 0.1) is 17.4 Å². The van der Waals surface area contributed by atoms with Crippen LogP contribution in [-0.2, 0) is 0 Å². The van der Waals surface area contributed by atoms with Crippen LogP contribution in [0.3, 0.4) is 0 Å². The Morgan fingerprint density at radius 3 is 2.70 bits per heavy atom. The SMILES string of the molecule is O=C(Nc1ccc(-c2ccccn2)cn1)c1cncs1. The summed E-state index contributed by atoms with van der Waals surface area (Å²) in [4.78, 5) is 24.7. The van der Waals surface area contributed by atoms with E-state index in [4.69, 9.17) is 0 Å². The van der Waals surface area contributed by atoms with Crippen LogP contribution in [0.4, 0.5) is 5.82 Å². The molecular formula is C14H10N4OS. The van der Waals surface area contributed by atoms with Crippen LogP contribution in [0, 0.1) is 0 Å². The van der Waals surface area contributed by atoms with Gasteiger partial charge >= 0.3 is 0 Å². The van der Waals surface area contributed by atoms with Gasteiger partial charge in [0.2, 0.25) is 0 Å². The van der Waals surface area contributed by atoms with E-state index in [0.29, 0.717) is 10.7 Å². The Labute approximate surface area is 119 Å². The first-order valence-corrected chi connectivity index (χ1v) is 6.78. The van der Waals surface area contributed by atoms with E-state index in [1.807, 2.05) is 24.3 Å². The lowest BCUT2D eigenvalue weighted by Gasteiger charge is -2.04. The van der Waals surface area contributed by atoms with Crippen LogP contribution in [0.1, 0.15) is 9.67 Å². The first kappa shape index (κ1) is 12.4. The second kappa shape index (κ2) is 5.58. The molecule has 0 aliphatic carbocycles. The van der Waals surface area contributed by atoms with Crippen LogP contribution in [0.15, 0.2) is 54.4 Å². The minimum absolute atomic E-state index is 0.203. The third kappa shape index (κ3) is 2.70. The highest BCUT2D eigenvalue weighted by molar-refractivity contribution is 7.11.